The van der Waals surface area contributed by atoms with Gasteiger partial charge in [0.15, 0.2) is 16.6 Å². The van der Waals surface area contributed by atoms with Crippen molar-refractivity contribution in [2.75, 3.05) is 12.1 Å². The maximum absolute atomic E-state index is 12.5. The molecule has 140 valence electrons. The lowest BCUT2D eigenvalue weighted by Gasteiger charge is -2.13. The minimum atomic E-state index is -0.896. The molecular weight excluding hydrogens is 372 g/mol. The van der Waals surface area contributed by atoms with Crippen LogP contribution in [0.4, 0.5) is 9.93 Å². The third-order valence-corrected chi connectivity index (χ3v) is 4.97. The van der Waals surface area contributed by atoms with Gasteiger partial charge in [-0.1, -0.05) is 6.07 Å². The van der Waals surface area contributed by atoms with E-state index in [1.54, 1.807) is 24.4 Å². The van der Waals surface area contributed by atoms with Crippen LogP contribution in [0.25, 0.3) is 0 Å². The molecule has 1 aromatic heterocycles. The predicted octanol–water partition coefficient (Wildman–Crippen LogP) is 1.63. The highest BCUT2D eigenvalue weighted by molar-refractivity contribution is 7.15. The number of ether oxygens (including phenoxy) is 2. The quantitative estimate of drug-likeness (QED) is 0.754. The third-order valence-electron chi connectivity index (χ3n) is 4.14. The molecule has 1 aromatic carbocycles. The number of aromatic nitrogens is 1. The van der Waals surface area contributed by atoms with Crippen LogP contribution in [0, 0.1) is 6.92 Å². The summed E-state index contributed by atoms with van der Waals surface area (Å²) in [4.78, 5) is 42.9. The third kappa shape index (κ3) is 3.56. The fourth-order valence-corrected chi connectivity index (χ4v) is 3.54. The summed E-state index contributed by atoms with van der Waals surface area (Å²) < 4.78 is 10.6. The smallest absolute Gasteiger partial charge is 0.325 e. The van der Waals surface area contributed by atoms with Crippen LogP contribution in [-0.2, 0) is 16.1 Å². The van der Waals surface area contributed by atoms with Gasteiger partial charge in [-0.25, -0.2) is 9.78 Å². The molecule has 9 nitrogen and oxygen atoms in total. The van der Waals surface area contributed by atoms with Crippen molar-refractivity contribution in [1.29, 1.82) is 0 Å². The minimum Gasteiger partial charge on any atom is -0.454 e. The number of nitrogens with zero attached hydrogens (tertiary/aromatic N) is 2. The van der Waals surface area contributed by atoms with Gasteiger partial charge in [0, 0.05) is 11.1 Å². The van der Waals surface area contributed by atoms with E-state index in [4.69, 9.17) is 9.47 Å². The SMILES string of the molecule is Cc1cnc(NC(=O)CC2NC(=O)N(Cc3ccc4c(c3)OCO4)C2=O)s1. The van der Waals surface area contributed by atoms with E-state index in [-0.39, 0.29) is 25.7 Å². The molecule has 27 heavy (non-hydrogen) atoms. The first-order valence-electron chi connectivity index (χ1n) is 8.22. The Hall–Kier alpha value is -3.14. The van der Waals surface area contributed by atoms with Crippen molar-refractivity contribution in [2.24, 2.45) is 0 Å². The van der Waals surface area contributed by atoms with Gasteiger partial charge in [0.2, 0.25) is 12.7 Å². The molecule has 10 heteroatoms. The Morgan fingerprint density at radius 3 is 2.96 bits per heavy atom. The van der Waals surface area contributed by atoms with Gasteiger partial charge in [0.05, 0.1) is 13.0 Å². The first-order valence-corrected chi connectivity index (χ1v) is 9.04. The molecule has 0 aliphatic carbocycles. The van der Waals surface area contributed by atoms with E-state index in [1.165, 1.54) is 11.3 Å². The van der Waals surface area contributed by atoms with Gasteiger partial charge in [-0.05, 0) is 24.6 Å². The number of nitrogens with one attached hydrogen (secondary N) is 2. The van der Waals surface area contributed by atoms with Crippen LogP contribution in [0.2, 0.25) is 0 Å². The van der Waals surface area contributed by atoms with E-state index < -0.39 is 18.0 Å². The van der Waals surface area contributed by atoms with E-state index in [9.17, 15) is 14.4 Å². The van der Waals surface area contributed by atoms with Gasteiger partial charge in [-0.15, -0.1) is 11.3 Å². The summed E-state index contributed by atoms with van der Waals surface area (Å²) >= 11 is 1.34. The topological polar surface area (TPSA) is 110 Å². The summed E-state index contributed by atoms with van der Waals surface area (Å²) in [5, 5.41) is 5.65. The van der Waals surface area contributed by atoms with Crippen LogP contribution in [0.3, 0.4) is 0 Å². The highest BCUT2D eigenvalue weighted by atomic mass is 32.1. The number of urea groups is 1. The molecule has 2 N–H and O–H groups in total. The van der Waals surface area contributed by atoms with Gasteiger partial charge in [0.1, 0.15) is 6.04 Å². The molecule has 2 aliphatic heterocycles. The van der Waals surface area contributed by atoms with Crippen LogP contribution in [0.1, 0.15) is 16.9 Å². The van der Waals surface area contributed by atoms with Gasteiger partial charge >= 0.3 is 6.03 Å². The van der Waals surface area contributed by atoms with Crippen molar-refractivity contribution >= 4 is 34.3 Å². The number of fused-ring (bicyclic) bond motifs is 1. The number of rotatable bonds is 5. The fourth-order valence-electron chi connectivity index (χ4n) is 2.86. The first-order chi connectivity index (χ1) is 13.0. The molecule has 1 atom stereocenters. The normalized spacial score (nSPS) is 18.0. The van der Waals surface area contributed by atoms with Gasteiger partial charge < -0.3 is 20.1 Å². The van der Waals surface area contributed by atoms with Gasteiger partial charge in [-0.2, -0.15) is 0 Å². The Bertz CT molecular complexity index is 928. The number of carbonyl (C=O) groups excluding carboxylic acids is 3. The number of hydrogen-bond acceptors (Lipinski definition) is 7. The van der Waals surface area contributed by atoms with Crippen LogP contribution in [0.15, 0.2) is 24.4 Å². The van der Waals surface area contributed by atoms with Crippen molar-refractivity contribution in [3.8, 4) is 11.5 Å². The molecule has 1 saturated heterocycles. The number of thiazole rings is 1. The summed E-state index contributed by atoms with van der Waals surface area (Å²) in [7, 11) is 0. The van der Waals surface area contributed by atoms with Crippen molar-refractivity contribution in [1.82, 2.24) is 15.2 Å². The number of imide groups is 1. The van der Waals surface area contributed by atoms with Crippen LogP contribution >= 0.6 is 11.3 Å². The zero-order valence-electron chi connectivity index (χ0n) is 14.4. The first kappa shape index (κ1) is 17.3. The molecule has 2 aliphatic rings. The van der Waals surface area contributed by atoms with Crippen molar-refractivity contribution in [2.45, 2.75) is 25.9 Å². The number of aryl methyl sites for hydroxylation is 1. The average Bonchev–Trinajstić information content (AvgIpc) is 3.31. The Balaban J connectivity index is 1.39. The van der Waals surface area contributed by atoms with Gasteiger partial charge in [0.25, 0.3) is 5.91 Å². The second kappa shape index (κ2) is 6.88. The molecular formula is C17H16N4O5S. The Kier molecular flexibility index (Phi) is 4.40. The van der Waals surface area contributed by atoms with Crippen molar-refractivity contribution in [3.05, 3.63) is 34.8 Å². The van der Waals surface area contributed by atoms with E-state index >= 15 is 0 Å². The van der Waals surface area contributed by atoms with Crippen LogP contribution in [0.5, 0.6) is 11.5 Å². The summed E-state index contributed by atoms with van der Waals surface area (Å²) in [6, 6.07) is 3.80. The molecule has 1 fully saturated rings. The molecule has 4 rings (SSSR count). The number of benzene rings is 1. The lowest BCUT2D eigenvalue weighted by Crippen LogP contribution is -2.34. The second-order valence-electron chi connectivity index (χ2n) is 6.14. The molecule has 4 amide bonds. The predicted molar refractivity (Wildman–Crippen MR) is 95.5 cm³/mol. The number of amides is 4. The van der Waals surface area contributed by atoms with Crippen LogP contribution < -0.4 is 20.1 Å². The molecule has 3 heterocycles. The molecule has 0 saturated carbocycles. The summed E-state index contributed by atoms with van der Waals surface area (Å²) in [6.07, 6.45) is 1.50. The number of anilines is 1. The van der Waals surface area contributed by atoms with Crippen molar-refractivity contribution < 1.29 is 23.9 Å². The monoisotopic (exact) mass is 388 g/mol. The van der Waals surface area contributed by atoms with Crippen molar-refractivity contribution in [3.63, 3.8) is 0 Å². The lowest BCUT2D eigenvalue weighted by atomic mass is 10.1. The standard InChI is InChI=1S/C17H16N4O5S/c1-9-6-18-16(27-9)20-14(22)5-11-15(23)21(17(24)19-11)7-10-2-3-12-13(4-10)26-8-25-12/h2-4,6,11H,5,7-8H2,1H3,(H,19,24)(H,18,20,22). The fraction of sp³-hybridized carbons (Fsp3) is 0.294. The average molecular weight is 388 g/mol. The molecule has 0 spiro atoms. The summed E-state index contributed by atoms with van der Waals surface area (Å²) in [5.74, 6) is 0.383. The van der Waals surface area contributed by atoms with E-state index in [2.05, 4.69) is 15.6 Å². The second-order valence-corrected chi connectivity index (χ2v) is 7.38. The zero-order chi connectivity index (χ0) is 19.0. The molecule has 1 unspecified atom stereocenters. The maximum Gasteiger partial charge on any atom is 0.325 e. The lowest BCUT2D eigenvalue weighted by molar-refractivity contribution is -0.130. The van der Waals surface area contributed by atoms with Gasteiger partial charge in [-0.3, -0.25) is 14.5 Å². The summed E-state index contributed by atoms with van der Waals surface area (Å²) in [5.41, 5.74) is 0.728. The Morgan fingerprint density at radius 2 is 2.19 bits per heavy atom. The zero-order valence-corrected chi connectivity index (χ0v) is 15.2. The number of carbonyl (C=O) groups is 3. The number of hydrogen-bond donors (Lipinski definition) is 2. The molecule has 2 aromatic rings. The molecule has 0 radical (unpaired) electrons. The largest absolute Gasteiger partial charge is 0.454 e. The van der Waals surface area contributed by atoms with E-state index in [0.29, 0.717) is 16.6 Å². The minimum absolute atomic E-state index is 0.0884. The Labute approximate surface area is 158 Å². The highest BCUT2D eigenvalue weighted by Crippen LogP contribution is 2.33. The Morgan fingerprint density at radius 1 is 1.37 bits per heavy atom. The van der Waals surface area contributed by atoms with Crippen LogP contribution in [-0.4, -0.2) is 40.6 Å². The summed E-state index contributed by atoms with van der Waals surface area (Å²) in [6.45, 7) is 2.12. The highest BCUT2D eigenvalue weighted by Gasteiger charge is 2.39. The maximum atomic E-state index is 12.5. The van der Waals surface area contributed by atoms with E-state index in [0.717, 1.165) is 15.3 Å². The van der Waals surface area contributed by atoms with E-state index in [1.807, 2.05) is 6.92 Å². The molecule has 0 bridgehead atoms.